The molecule has 26 heavy (non-hydrogen) atoms. The summed E-state index contributed by atoms with van der Waals surface area (Å²) in [6.45, 7) is 3.77. The maximum absolute atomic E-state index is 12.8. The second-order valence-corrected chi connectivity index (χ2v) is 6.71. The van der Waals surface area contributed by atoms with Crippen molar-refractivity contribution in [3.8, 4) is 0 Å². The number of benzene rings is 1. The molecule has 2 rings (SSSR count). The largest absolute Gasteiger partial charge is 0.465 e. The molecule has 1 aliphatic rings. The van der Waals surface area contributed by atoms with Crippen molar-refractivity contribution in [2.75, 3.05) is 40.5 Å². The fraction of sp³-hybridized carbons (Fsp3) is 0.526. The second-order valence-electron chi connectivity index (χ2n) is 6.71. The van der Waals surface area contributed by atoms with Gasteiger partial charge in [0.15, 0.2) is 0 Å². The van der Waals surface area contributed by atoms with Gasteiger partial charge in [-0.25, -0.2) is 4.79 Å². The number of methoxy groups -OCH3 is 2. The van der Waals surface area contributed by atoms with Gasteiger partial charge in [-0.15, -0.1) is 0 Å². The monoisotopic (exact) mass is 362 g/mol. The Bertz CT molecular complexity index is 658. The average Bonchev–Trinajstić information content (AvgIpc) is 2.67. The zero-order valence-corrected chi connectivity index (χ0v) is 15.5. The van der Waals surface area contributed by atoms with E-state index in [0.29, 0.717) is 37.4 Å². The van der Waals surface area contributed by atoms with E-state index in [4.69, 9.17) is 4.74 Å². The number of nitrogens with zero attached hydrogens (tertiary/aromatic N) is 1. The molecule has 0 radical (unpaired) electrons. The summed E-state index contributed by atoms with van der Waals surface area (Å²) in [4.78, 5) is 38.5. The highest BCUT2D eigenvalue weighted by Crippen LogP contribution is 2.30. The van der Waals surface area contributed by atoms with Crippen LogP contribution < -0.4 is 5.32 Å². The van der Waals surface area contributed by atoms with Gasteiger partial charge in [-0.05, 0) is 44.0 Å². The predicted molar refractivity (Wildman–Crippen MR) is 95.9 cm³/mol. The van der Waals surface area contributed by atoms with Gasteiger partial charge in [0.1, 0.15) is 0 Å². The first kappa shape index (κ1) is 19.9. The van der Waals surface area contributed by atoms with Gasteiger partial charge in [0.2, 0.25) is 5.91 Å². The highest BCUT2D eigenvalue weighted by atomic mass is 16.5. The molecular formula is C19H26N2O5. The molecule has 1 heterocycles. The molecule has 0 spiro atoms. The number of likely N-dealkylation sites (tertiary alicyclic amines) is 1. The topological polar surface area (TPSA) is 84.9 Å². The molecule has 1 aromatic rings. The third kappa shape index (κ3) is 4.60. The third-order valence-electron chi connectivity index (χ3n) is 4.68. The summed E-state index contributed by atoms with van der Waals surface area (Å²) in [6, 6.07) is 6.36. The van der Waals surface area contributed by atoms with E-state index in [1.807, 2.05) is 6.92 Å². The lowest BCUT2D eigenvalue weighted by Crippen LogP contribution is -2.52. The fourth-order valence-corrected chi connectivity index (χ4v) is 3.13. The molecule has 0 aromatic heterocycles. The van der Waals surface area contributed by atoms with E-state index in [-0.39, 0.29) is 11.8 Å². The molecule has 0 bridgehead atoms. The first-order chi connectivity index (χ1) is 12.4. The molecule has 1 atom stereocenters. The van der Waals surface area contributed by atoms with Gasteiger partial charge in [0, 0.05) is 32.3 Å². The van der Waals surface area contributed by atoms with Gasteiger partial charge in [0.05, 0.1) is 24.7 Å². The molecule has 1 fully saturated rings. The molecule has 2 amide bonds. The highest BCUT2D eigenvalue weighted by Gasteiger charge is 2.39. The predicted octanol–water partition coefficient (Wildman–Crippen LogP) is 1.48. The van der Waals surface area contributed by atoms with Crippen LogP contribution >= 0.6 is 0 Å². The molecule has 142 valence electrons. The molecule has 1 N–H and O–H groups in total. The summed E-state index contributed by atoms with van der Waals surface area (Å²) in [6.07, 6.45) is 1.50. The molecule has 1 saturated heterocycles. The number of carbonyl (C=O) groups excluding carboxylic acids is 3. The Morgan fingerprint density at radius 2 is 1.81 bits per heavy atom. The van der Waals surface area contributed by atoms with Crippen LogP contribution in [0.4, 0.5) is 0 Å². The quantitative estimate of drug-likeness (QED) is 0.612. The number of piperidine rings is 1. The number of hydrogen-bond donors (Lipinski definition) is 1. The molecule has 1 aliphatic heterocycles. The number of carbonyl (C=O) groups is 3. The average molecular weight is 362 g/mol. The summed E-state index contributed by atoms with van der Waals surface area (Å²) in [5.41, 5.74) is 0.264. The van der Waals surface area contributed by atoms with Crippen LogP contribution in [0.5, 0.6) is 0 Å². The Balaban J connectivity index is 2.04. The van der Waals surface area contributed by atoms with Gasteiger partial charge in [-0.2, -0.15) is 0 Å². The normalized spacial score (nSPS) is 19.7. The van der Waals surface area contributed by atoms with Crippen molar-refractivity contribution in [3.63, 3.8) is 0 Å². The van der Waals surface area contributed by atoms with E-state index in [2.05, 4.69) is 10.1 Å². The highest BCUT2D eigenvalue weighted by molar-refractivity contribution is 5.96. The van der Waals surface area contributed by atoms with Crippen molar-refractivity contribution >= 4 is 17.8 Å². The van der Waals surface area contributed by atoms with Crippen molar-refractivity contribution in [1.82, 2.24) is 10.2 Å². The Morgan fingerprint density at radius 3 is 2.42 bits per heavy atom. The van der Waals surface area contributed by atoms with Gasteiger partial charge in [-0.1, -0.05) is 0 Å². The van der Waals surface area contributed by atoms with Gasteiger partial charge in [-0.3, -0.25) is 9.59 Å². The number of ether oxygens (including phenoxy) is 2. The lowest BCUT2D eigenvalue weighted by atomic mass is 9.80. The van der Waals surface area contributed by atoms with E-state index in [1.165, 1.54) is 7.11 Å². The Labute approximate surface area is 153 Å². The number of amides is 2. The van der Waals surface area contributed by atoms with Crippen LogP contribution in [-0.2, 0) is 14.3 Å². The van der Waals surface area contributed by atoms with Crippen LogP contribution in [0.2, 0.25) is 0 Å². The van der Waals surface area contributed by atoms with Crippen LogP contribution in [0.25, 0.3) is 0 Å². The smallest absolute Gasteiger partial charge is 0.337 e. The van der Waals surface area contributed by atoms with E-state index < -0.39 is 11.4 Å². The molecule has 1 unspecified atom stereocenters. The van der Waals surface area contributed by atoms with Gasteiger partial charge >= 0.3 is 5.97 Å². The number of rotatable bonds is 6. The summed E-state index contributed by atoms with van der Waals surface area (Å²) in [7, 11) is 2.90. The Kier molecular flexibility index (Phi) is 6.74. The lowest BCUT2D eigenvalue weighted by Gasteiger charge is -2.39. The third-order valence-corrected chi connectivity index (χ3v) is 4.68. The van der Waals surface area contributed by atoms with Crippen molar-refractivity contribution in [2.24, 2.45) is 5.41 Å². The lowest BCUT2D eigenvalue weighted by molar-refractivity contribution is -0.132. The van der Waals surface area contributed by atoms with Crippen LogP contribution in [0.1, 0.15) is 40.5 Å². The molecule has 1 aromatic carbocycles. The molecule has 7 nitrogen and oxygen atoms in total. The summed E-state index contributed by atoms with van der Waals surface area (Å²) in [5.74, 6) is -0.646. The SMILES string of the molecule is COCCNC(=O)C1(C)CCCN(C(=O)c2ccc(C(=O)OC)cc2)C1. The van der Waals surface area contributed by atoms with Crippen LogP contribution in [0.3, 0.4) is 0 Å². The zero-order valence-electron chi connectivity index (χ0n) is 15.5. The van der Waals surface area contributed by atoms with E-state index in [9.17, 15) is 14.4 Å². The van der Waals surface area contributed by atoms with Crippen LogP contribution in [0, 0.1) is 5.41 Å². The first-order valence-electron chi connectivity index (χ1n) is 8.66. The number of hydrogen-bond acceptors (Lipinski definition) is 5. The number of nitrogens with one attached hydrogen (secondary N) is 1. The summed E-state index contributed by atoms with van der Waals surface area (Å²) >= 11 is 0. The molecule has 0 saturated carbocycles. The molecule has 7 heteroatoms. The van der Waals surface area contributed by atoms with Gasteiger partial charge < -0.3 is 19.7 Å². The van der Waals surface area contributed by atoms with E-state index >= 15 is 0 Å². The van der Waals surface area contributed by atoms with Crippen molar-refractivity contribution < 1.29 is 23.9 Å². The van der Waals surface area contributed by atoms with E-state index in [0.717, 1.165) is 12.8 Å². The summed E-state index contributed by atoms with van der Waals surface area (Å²) < 4.78 is 9.61. The minimum atomic E-state index is -0.617. The molecule has 0 aliphatic carbocycles. The standard InChI is InChI=1S/C19H26N2O5/c1-19(18(24)20-10-12-25-2)9-4-11-21(13-19)16(22)14-5-7-15(8-6-14)17(23)26-3/h5-8H,4,9-13H2,1-3H3,(H,20,24). The van der Waals surface area contributed by atoms with Crippen molar-refractivity contribution in [2.45, 2.75) is 19.8 Å². The molecular weight excluding hydrogens is 336 g/mol. The maximum Gasteiger partial charge on any atom is 0.337 e. The van der Waals surface area contributed by atoms with Crippen molar-refractivity contribution in [3.05, 3.63) is 35.4 Å². The van der Waals surface area contributed by atoms with E-state index in [1.54, 1.807) is 36.3 Å². The Hall–Kier alpha value is -2.41. The van der Waals surface area contributed by atoms with Gasteiger partial charge in [0.25, 0.3) is 5.91 Å². The zero-order chi connectivity index (χ0) is 19.2. The minimum Gasteiger partial charge on any atom is -0.465 e. The second kappa shape index (κ2) is 8.80. The summed E-state index contributed by atoms with van der Waals surface area (Å²) in [5, 5.41) is 2.87. The van der Waals surface area contributed by atoms with Crippen LogP contribution in [0.15, 0.2) is 24.3 Å². The maximum atomic E-state index is 12.8. The first-order valence-corrected chi connectivity index (χ1v) is 8.66. The Morgan fingerprint density at radius 1 is 1.15 bits per heavy atom. The fourth-order valence-electron chi connectivity index (χ4n) is 3.13. The minimum absolute atomic E-state index is 0.0620. The van der Waals surface area contributed by atoms with Crippen molar-refractivity contribution in [1.29, 1.82) is 0 Å². The number of esters is 1. The van der Waals surface area contributed by atoms with Crippen LogP contribution in [-0.4, -0.2) is 63.1 Å².